The highest BCUT2D eigenvalue weighted by atomic mass is 16.1. The maximum atomic E-state index is 12.5. The molecule has 0 radical (unpaired) electrons. The standard InChI is InChI=1S/C16H21N3O/c17-14-4-13(8-18-9-14)15(20)19-16-5-10-1-11(6-16)3-12(2-10)7-16/h4,8-12H,1-3,5-7,17H2,(H,19,20). The number of nitrogens with two attached hydrogens (primary N) is 1. The van der Waals surface area contributed by atoms with Crippen molar-refractivity contribution >= 4 is 11.6 Å². The Labute approximate surface area is 119 Å². The van der Waals surface area contributed by atoms with E-state index < -0.39 is 0 Å². The third-order valence-corrected chi connectivity index (χ3v) is 5.44. The Hall–Kier alpha value is -1.58. The van der Waals surface area contributed by atoms with Gasteiger partial charge in [-0.25, -0.2) is 0 Å². The summed E-state index contributed by atoms with van der Waals surface area (Å²) < 4.78 is 0. The monoisotopic (exact) mass is 271 g/mol. The third kappa shape index (κ3) is 1.98. The number of nitrogens with one attached hydrogen (secondary N) is 1. The van der Waals surface area contributed by atoms with Gasteiger partial charge in [-0.1, -0.05) is 0 Å². The molecule has 0 aromatic carbocycles. The van der Waals surface area contributed by atoms with Gasteiger partial charge in [0.15, 0.2) is 0 Å². The van der Waals surface area contributed by atoms with Gasteiger partial charge in [0.25, 0.3) is 5.91 Å². The molecule has 4 heteroatoms. The first-order valence-electron chi connectivity index (χ1n) is 7.65. The quantitative estimate of drug-likeness (QED) is 0.867. The number of pyridine rings is 1. The highest BCUT2D eigenvalue weighted by molar-refractivity contribution is 5.95. The number of hydrogen-bond acceptors (Lipinski definition) is 3. The molecule has 4 fully saturated rings. The van der Waals surface area contributed by atoms with Gasteiger partial charge in [-0.2, -0.15) is 0 Å². The summed E-state index contributed by atoms with van der Waals surface area (Å²) >= 11 is 0. The number of rotatable bonds is 2. The van der Waals surface area contributed by atoms with Crippen LogP contribution in [0.25, 0.3) is 0 Å². The summed E-state index contributed by atoms with van der Waals surface area (Å²) in [6.45, 7) is 0. The summed E-state index contributed by atoms with van der Waals surface area (Å²) in [5, 5.41) is 3.33. The van der Waals surface area contributed by atoms with Crippen molar-refractivity contribution in [2.75, 3.05) is 5.73 Å². The van der Waals surface area contributed by atoms with Gasteiger partial charge in [-0.3, -0.25) is 9.78 Å². The lowest BCUT2D eigenvalue weighted by Crippen LogP contribution is -2.59. The Balaban J connectivity index is 1.55. The minimum absolute atomic E-state index is 0.00764. The molecule has 106 valence electrons. The van der Waals surface area contributed by atoms with Crippen LogP contribution in [0.2, 0.25) is 0 Å². The maximum Gasteiger partial charge on any atom is 0.253 e. The normalized spacial score (nSPS) is 37.9. The van der Waals surface area contributed by atoms with E-state index in [9.17, 15) is 4.79 Å². The van der Waals surface area contributed by atoms with Gasteiger partial charge in [0, 0.05) is 17.9 Å². The fourth-order valence-corrected chi connectivity index (χ4v) is 5.16. The van der Waals surface area contributed by atoms with Gasteiger partial charge in [-0.15, -0.1) is 0 Å². The molecule has 1 amide bonds. The Morgan fingerprint density at radius 3 is 2.30 bits per heavy atom. The maximum absolute atomic E-state index is 12.5. The molecule has 0 unspecified atom stereocenters. The van der Waals surface area contributed by atoms with E-state index in [2.05, 4.69) is 10.3 Å². The summed E-state index contributed by atoms with van der Waals surface area (Å²) in [4.78, 5) is 16.5. The van der Waals surface area contributed by atoms with E-state index in [-0.39, 0.29) is 11.4 Å². The van der Waals surface area contributed by atoms with Crippen molar-refractivity contribution < 1.29 is 4.79 Å². The van der Waals surface area contributed by atoms with Gasteiger partial charge in [0.1, 0.15) is 0 Å². The van der Waals surface area contributed by atoms with Crippen molar-refractivity contribution in [1.82, 2.24) is 10.3 Å². The smallest absolute Gasteiger partial charge is 0.253 e. The topological polar surface area (TPSA) is 68.0 Å². The molecule has 20 heavy (non-hydrogen) atoms. The Kier molecular flexibility index (Phi) is 2.56. The second-order valence-electron chi connectivity index (χ2n) is 7.16. The van der Waals surface area contributed by atoms with Gasteiger partial charge >= 0.3 is 0 Å². The van der Waals surface area contributed by atoms with Crippen LogP contribution in [0.15, 0.2) is 18.5 Å². The largest absolute Gasteiger partial charge is 0.397 e. The van der Waals surface area contributed by atoms with Crippen molar-refractivity contribution in [3.63, 3.8) is 0 Å². The van der Waals surface area contributed by atoms with E-state index in [1.54, 1.807) is 18.5 Å². The average molecular weight is 271 g/mol. The van der Waals surface area contributed by atoms with Crippen molar-refractivity contribution in [3.05, 3.63) is 24.0 Å². The number of hydrogen-bond donors (Lipinski definition) is 2. The van der Waals surface area contributed by atoms with Crippen LogP contribution in [0.1, 0.15) is 48.9 Å². The highest BCUT2D eigenvalue weighted by Gasteiger charge is 2.51. The van der Waals surface area contributed by atoms with Crippen LogP contribution in [-0.4, -0.2) is 16.4 Å². The molecule has 4 aliphatic carbocycles. The van der Waals surface area contributed by atoms with E-state index in [0.29, 0.717) is 11.3 Å². The van der Waals surface area contributed by atoms with Crippen molar-refractivity contribution in [3.8, 4) is 0 Å². The molecule has 0 atom stereocenters. The molecular formula is C16H21N3O. The van der Waals surface area contributed by atoms with Gasteiger partial charge in [0.05, 0.1) is 11.3 Å². The second-order valence-corrected chi connectivity index (χ2v) is 7.16. The fourth-order valence-electron chi connectivity index (χ4n) is 5.16. The minimum Gasteiger partial charge on any atom is -0.397 e. The summed E-state index contributed by atoms with van der Waals surface area (Å²) in [6.07, 6.45) is 10.8. The molecule has 4 aliphatic rings. The lowest BCUT2D eigenvalue weighted by Gasteiger charge is -2.56. The zero-order valence-electron chi connectivity index (χ0n) is 11.6. The molecule has 5 rings (SSSR count). The van der Waals surface area contributed by atoms with E-state index in [1.165, 1.54) is 38.5 Å². The number of carbonyl (C=O) groups is 1. The van der Waals surface area contributed by atoms with Crippen molar-refractivity contribution in [2.45, 2.75) is 44.1 Å². The molecule has 1 aromatic heterocycles. The van der Waals surface area contributed by atoms with Crippen molar-refractivity contribution in [2.24, 2.45) is 17.8 Å². The van der Waals surface area contributed by atoms with Crippen LogP contribution in [0.3, 0.4) is 0 Å². The van der Waals surface area contributed by atoms with Crippen LogP contribution in [0, 0.1) is 17.8 Å². The zero-order chi connectivity index (χ0) is 13.7. The Morgan fingerprint density at radius 2 is 1.75 bits per heavy atom. The van der Waals surface area contributed by atoms with Crippen LogP contribution < -0.4 is 11.1 Å². The van der Waals surface area contributed by atoms with Gasteiger partial charge < -0.3 is 11.1 Å². The molecule has 0 saturated heterocycles. The molecule has 4 nitrogen and oxygen atoms in total. The van der Waals surface area contributed by atoms with Crippen LogP contribution in [0.4, 0.5) is 5.69 Å². The van der Waals surface area contributed by atoms with E-state index in [0.717, 1.165) is 17.8 Å². The molecule has 4 bridgehead atoms. The number of amides is 1. The number of aromatic nitrogens is 1. The minimum atomic E-state index is -0.00764. The summed E-state index contributed by atoms with van der Waals surface area (Å²) in [7, 11) is 0. The second kappa shape index (κ2) is 4.21. The Bertz CT molecular complexity index is 519. The van der Waals surface area contributed by atoms with Gasteiger partial charge in [-0.05, 0) is 62.3 Å². The molecule has 3 N–H and O–H groups in total. The summed E-state index contributed by atoms with van der Waals surface area (Å²) in [5.41, 5.74) is 6.90. The van der Waals surface area contributed by atoms with Gasteiger partial charge in [0.2, 0.25) is 0 Å². The molecule has 0 aliphatic heterocycles. The first kappa shape index (κ1) is 12.2. The lowest BCUT2D eigenvalue weighted by molar-refractivity contribution is -0.0167. The average Bonchev–Trinajstić information content (AvgIpc) is 2.36. The number of anilines is 1. The SMILES string of the molecule is Nc1cncc(C(=O)NC23CC4CC(CC(C4)C2)C3)c1. The molecule has 4 saturated carbocycles. The van der Waals surface area contributed by atoms with E-state index in [1.807, 2.05) is 0 Å². The molecule has 1 aromatic rings. The zero-order valence-corrected chi connectivity index (χ0v) is 11.6. The third-order valence-electron chi connectivity index (χ3n) is 5.44. The summed E-state index contributed by atoms with van der Waals surface area (Å²) in [5.74, 6) is 2.49. The first-order valence-corrected chi connectivity index (χ1v) is 7.65. The lowest BCUT2D eigenvalue weighted by atomic mass is 9.53. The predicted octanol–water partition coefficient (Wildman–Crippen LogP) is 2.36. The van der Waals surface area contributed by atoms with Crippen LogP contribution in [-0.2, 0) is 0 Å². The van der Waals surface area contributed by atoms with Crippen molar-refractivity contribution in [1.29, 1.82) is 0 Å². The fraction of sp³-hybridized carbons (Fsp3) is 0.625. The predicted molar refractivity (Wildman–Crippen MR) is 77.0 cm³/mol. The molecule has 0 spiro atoms. The van der Waals surface area contributed by atoms with E-state index in [4.69, 9.17) is 5.73 Å². The first-order chi connectivity index (χ1) is 9.62. The number of nitrogens with zero attached hydrogens (tertiary/aromatic N) is 1. The molecule has 1 heterocycles. The van der Waals surface area contributed by atoms with Crippen LogP contribution >= 0.6 is 0 Å². The summed E-state index contributed by atoms with van der Waals surface area (Å²) in [6, 6.07) is 1.71. The van der Waals surface area contributed by atoms with Crippen LogP contribution in [0.5, 0.6) is 0 Å². The molecular weight excluding hydrogens is 250 g/mol. The number of carbonyl (C=O) groups excluding carboxylic acids is 1. The highest BCUT2D eigenvalue weighted by Crippen LogP contribution is 2.55. The Morgan fingerprint density at radius 1 is 1.15 bits per heavy atom. The van der Waals surface area contributed by atoms with E-state index >= 15 is 0 Å². The number of nitrogen functional groups attached to an aromatic ring is 1.